The number of amides is 1. The van der Waals surface area contributed by atoms with Gasteiger partial charge < -0.3 is 10.6 Å². The van der Waals surface area contributed by atoms with E-state index in [0.717, 1.165) is 24.2 Å². The number of carbonyl (C=O) groups excluding carboxylic acids is 1. The SMILES string of the molecule is CC(C)(C)[NH2+]CCCNC(=O)c1cccc(S(=O)(=O)N2CCc3ccccc32)c1. The van der Waals surface area contributed by atoms with E-state index in [2.05, 4.69) is 31.4 Å². The van der Waals surface area contributed by atoms with Crippen molar-refractivity contribution in [3.05, 3.63) is 59.7 Å². The third kappa shape index (κ3) is 5.16. The zero-order valence-corrected chi connectivity index (χ0v) is 18.1. The van der Waals surface area contributed by atoms with Gasteiger partial charge in [0.1, 0.15) is 0 Å². The molecule has 0 saturated carbocycles. The minimum absolute atomic E-state index is 0.142. The van der Waals surface area contributed by atoms with Crippen LogP contribution in [0.1, 0.15) is 43.1 Å². The minimum atomic E-state index is -3.71. The molecule has 0 radical (unpaired) electrons. The van der Waals surface area contributed by atoms with Gasteiger partial charge in [-0.25, -0.2) is 8.42 Å². The van der Waals surface area contributed by atoms with E-state index >= 15 is 0 Å². The molecule has 1 aliphatic rings. The molecule has 0 aliphatic carbocycles. The molecule has 0 spiro atoms. The van der Waals surface area contributed by atoms with Crippen molar-refractivity contribution in [3.63, 3.8) is 0 Å². The molecule has 0 aromatic heterocycles. The average molecular weight is 417 g/mol. The van der Waals surface area contributed by atoms with Gasteiger partial charge in [0.05, 0.1) is 22.7 Å². The number of nitrogens with zero attached hydrogens (tertiary/aromatic N) is 1. The Hall–Kier alpha value is -2.38. The van der Waals surface area contributed by atoms with Crippen LogP contribution in [0, 0.1) is 0 Å². The van der Waals surface area contributed by atoms with Crippen molar-refractivity contribution in [1.82, 2.24) is 5.32 Å². The molecule has 0 saturated heterocycles. The third-order valence-electron chi connectivity index (χ3n) is 4.95. The lowest BCUT2D eigenvalue weighted by Crippen LogP contribution is -2.94. The number of rotatable bonds is 7. The number of hydrogen-bond donors (Lipinski definition) is 2. The van der Waals surface area contributed by atoms with Gasteiger partial charge >= 0.3 is 0 Å². The Kier molecular flexibility index (Phi) is 6.29. The molecule has 1 aliphatic heterocycles. The van der Waals surface area contributed by atoms with Crippen molar-refractivity contribution in [3.8, 4) is 0 Å². The average Bonchev–Trinajstić information content (AvgIpc) is 3.12. The normalized spacial score (nSPS) is 14.0. The van der Waals surface area contributed by atoms with Crippen LogP contribution >= 0.6 is 0 Å². The van der Waals surface area contributed by atoms with E-state index in [1.54, 1.807) is 18.2 Å². The molecule has 3 N–H and O–H groups in total. The van der Waals surface area contributed by atoms with Crippen LogP contribution in [0.25, 0.3) is 0 Å². The number of benzene rings is 2. The predicted molar refractivity (Wildman–Crippen MR) is 115 cm³/mol. The summed E-state index contributed by atoms with van der Waals surface area (Å²) in [6.45, 7) is 8.35. The molecule has 29 heavy (non-hydrogen) atoms. The number of para-hydroxylation sites is 1. The summed E-state index contributed by atoms with van der Waals surface area (Å²) >= 11 is 0. The summed E-state index contributed by atoms with van der Waals surface area (Å²) in [6.07, 6.45) is 1.55. The molecule has 6 nitrogen and oxygen atoms in total. The number of nitrogens with two attached hydrogens (primary N) is 1. The van der Waals surface area contributed by atoms with Crippen molar-refractivity contribution in [2.45, 2.75) is 44.0 Å². The molecule has 2 aromatic rings. The standard InChI is InChI=1S/C22H29N3O3S/c1-22(2,3)24-14-7-13-23-21(26)18-9-6-10-19(16-18)29(27,28)25-15-12-17-8-4-5-11-20(17)25/h4-6,8-11,16,24H,7,12-15H2,1-3H3,(H,23,26)/p+1. The van der Waals surface area contributed by atoms with Gasteiger partial charge in [-0.3, -0.25) is 9.10 Å². The Morgan fingerprint density at radius 3 is 2.66 bits per heavy atom. The fourth-order valence-corrected chi connectivity index (χ4v) is 4.97. The van der Waals surface area contributed by atoms with E-state index in [1.165, 1.54) is 10.4 Å². The number of anilines is 1. The zero-order valence-electron chi connectivity index (χ0n) is 17.3. The Morgan fingerprint density at radius 1 is 1.14 bits per heavy atom. The van der Waals surface area contributed by atoms with Crippen LogP contribution in [0.4, 0.5) is 5.69 Å². The number of nitrogens with one attached hydrogen (secondary N) is 1. The van der Waals surface area contributed by atoms with Crippen molar-refractivity contribution in [2.75, 3.05) is 23.9 Å². The Morgan fingerprint density at radius 2 is 1.90 bits per heavy atom. The van der Waals surface area contributed by atoms with Gasteiger partial charge in [0.25, 0.3) is 15.9 Å². The first kappa shape index (κ1) is 21.3. The Bertz CT molecular complexity index is 981. The Labute approximate surface area is 173 Å². The predicted octanol–water partition coefficient (Wildman–Crippen LogP) is 1.92. The molecule has 0 atom stereocenters. The van der Waals surface area contributed by atoms with E-state index in [4.69, 9.17) is 0 Å². The highest BCUT2D eigenvalue weighted by atomic mass is 32.2. The van der Waals surface area contributed by atoms with E-state index in [1.807, 2.05) is 24.3 Å². The molecular weight excluding hydrogens is 386 g/mol. The van der Waals surface area contributed by atoms with Crippen LogP contribution in [0.5, 0.6) is 0 Å². The van der Waals surface area contributed by atoms with Gasteiger partial charge in [0, 0.05) is 25.1 Å². The number of fused-ring (bicyclic) bond motifs is 1. The topological polar surface area (TPSA) is 83.1 Å². The maximum Gasteiger partial charge on any atom is 0.264 e. The number of carbonyl (C=O) groups is 1. The first-order valence-electron chi connectivity index (χ1n) is 10.0. The highest BCUT2D eigenvalue weighted by Gasteiger charge is 2.30. The minimum Gasteiger partial charge on any atom is -0.352 e. The fraction of sp³-hybridized carbons (Fsp3) is 0.409. The van der Waals surface area contributed by atoms with E-state index < -0.39 is 10.0 Å². The molecule has 1 heterocycles. The summed E-state index contributed by atoms with van der Waals surface area (Å²) in [4.78, 5) is 12.6. The number of quaternary nitrogens is 1. The van der Waals surface area contributed by atoms with E-state index in [-0.39, 0.29) is 16.3 Å². The second-order valence-corrected chi connectivity index (χ2v) is 10.3. The van der Waals surface area contributed by atoms with Crippen LogP contribution in [-0.4, -0.2) is 39.5 Å². The first-order valence-corrected chi connectivity index (χ1v) is 11.5. The van der Waals surface area contributed by atoms with Gasteiger partial charge in [0.15, 0.2) is 0 Å². The first-order chi connectivity index (χ1) is 13.7. The van der Waals surface area contributed by atoms with E-state index in [0.29, 0.717) is 25.1 Å². The molecule has 0 bridgehead atoms. The van der Waals surface area contributed by atoms with Crippen LogP contribution < -0.4 is 14.9 Å². The van der Waals surface area contributed by atoms with Crippen molar-refractivity contribution < 1.29 is 18.5 Å². The maximum atomic E-state index is 13.2. The van der Waals surface area contributed by atoms with Gasteiger partial charge in [-0.05, 0) is 57.0 Å². The highest BCUT2D eigenvalue weighted by molar-refractivity contribution is 7.92. The monoisotopic (exact) mass is 416 g/mol. The molecule has 2 aromatic carbocycles. The second kappa shape index (κ2) is 8.55. The summed E-state index contributed by atoms with van der Waals surface area (Å²) in [5.41, 5.74) is 2.27. The van der Waals surface area contributed by atoms with Gasteiger partial charge in [-0.1, -0.05) is 24.3 Å². The largest absolute Gasteiger partial charge is 0.352 e. The van der Waals surface area contributed by atoms with E-state index in [9.17, 15) is 13.2 Å². The fourth-order valence-electron chi connectivity index (χ4n) is 3.42. The second-order valence-electron chi connectivity index (χ2n) is 8.45. The quantitative estimate of drug-likeness (QED) is 0.677. The summed E-state index contributed by atoms with van der Waals surface area (Å²) in [5.74, 6) is -0.250. The van der Waals surface area contributed by atoms with Crippen molar-refractivity contribution >= 4 is 21.6 Å². The Balaban J connectivity index is 1.67. The third-order valence-corrected chi connectivity index (χ3v) is 6.76. The summed E-state index contributed by atoms with van der Waals surface area (Å²) in [5, 5.41) is 5.12. The molecule has 7 heteroatoms. The van der Waals surface area contributed by atoms with Gasteiger partial charge in [-0.2, -0.15) is 0 Å². The molecule has 0 fully saturated rings. The van der Waals surface area contributed by atoms with Crippen molar-refractivity contribution in [2.24, 2.45) is 0 Å². The van der Waals surface area contributed by atoms with Crippen molar-refractivity contribution in [1.29, 1.82) is 0 Å². The number of hydrogen-bond acceptors (Lipinski definition) is 3. The molecule has 0 unspecified atom stereocenters. The molecule has 156 valence electrons. The van der Waals surface area contributed by atoms with Crippen LogP contribution in [0.3, 0.4) is 0 Å². The lowest BCUT2D eigenvalue weighted by molar-refractivity contribution is -0.717. The molecule has 1 amide bonds. The summed E-state index contributed by atoms with van der Waals surface area (Å²) in [6, 6.07) is 13.8. The zero-order chi connectivity index (χ0) is 21.1. The number of sulfonamides is 1. The smallest absolute Gasteiger partial charge is 0.264 e. The highest BCUT2D eigenvalue weighted by Crippen LogP contribution is 2.32. The molecular formula is C22H30N3O3S+. The van der Waals surface area contributed by atoms with Gasteiger partial charge in [0.2, 0.25) is 0 Å². The van der Waals surface area contributed by atoms with Crippen LogP contribution in [-0.2, 0) is 16.4 Å². The van der Waals surface area contributed by atoms with Crippen LogP contribution in [0.2, 0.25) is 0 Å². The molecule has 3 rings (SSSR count). The maximum absolute atomic E-state index is 13.2. The lowest BCUT2D eigenvalue weighted by Gasteiger charge is -2.20. The summed E-state index contributed by atoms with van der Waals surface area (Å²) in [7, 11) is -3.71. The summed E-state index contributed by atoms with van der Waals surface area (Å²) < 4.78 is 27.7. The van der Waals surface area contributed by atoms with Crippen LogP contribution in [0.15, 0.2) is 53.4 Å². The lowest BCUT2D eigenvalue weighted by atomic mass is 10.1. The van der Waals surface area contributed by atoms with Gasteiger partial charge in [-0.15, -0.1) is 0 Å².